The quantitative estimate of drug-likeness (QED) is 0.103. The summed E-state index contributed by atoms with van der Waals surface area (Å²) < 4.78 is 63.4. The van der Waals surface area contributed by atoms with Gasteiger partial charge in [0.2, 0.25) is 0 Å². The molecule has 0 amide bonds. The highest BCUT2D eigenvalue weighted by molar-refractivity contribution is 6.27. The van der Waals surface area contributed by atoms with Gasteiger partial charge in [-0.15, -0.1) is 0 Å². The molecule has 22 nitrogen and oxygen atoms in total. The van der Waals surface area contributed by atoms with Crippen LogP contribution in [-0.2, 0) is 85.7 Å². The normalized spacial score (nSPS) is 26.7. The Balaban J connectivity index is 1.89. The summed E-state index contributed by atoms with van der Waals surface area (Å²) in [6, 6.07) is 2.05. The van der Waals surface area contributed by atoms with Crippen molar-refractivity contribution in [1.29, 1.82) is 0 Å². The van der Waals surface area contributed by atoms with Gasteiger partial charge in [0.25, 0.3) is 0 Å². The van der Waals surface area contributed by atoms with Crippen molar-refractivity contribution >= 4 is 53.4 Å². The predicted molar refractivity (Wildman–Crippen MR) is 209 cm³/mol. The number of fused-ring (bicyclic) bond motifs is 1. The van der Waals surface area contributed by atoms with E-state index in [2.05, 4.69) is 0 Å². The van der Waals surface area contributed by atoms with Crippen molar-refractivity contribution in [3.8, 4) is 11.5 Å². The fourth-order valence-corrected chi connectivity index (χ4v) is 7.06. The van der Waals surface area contributed by atoms with Gasteiger partial charge in [0.05, 0.1) is 17.2 Å². The first-order chi connectivity index (χ1) is 30.0. The molecular formula is C42H50O22. The van der Waals surface area contributed by atoms with Crippen molar-refractivity contribution < 1.29 is 105 Å². The zero-order valence-corrected chi connectivity index (χ0v) is 36.3. The predicted octanol–water partition coefficient (Wildman–Crippen LogP) is 1.76. The van der Waals surface area contributed by atoms with E-state index in [1.165, 1.54) is 0 Å². The number of rotatable bonds is 16. The third-order valence-corrected chi connectivity index (χ3v) is 9.45. The fraction of sp³-hybridized carbons (Fsp3) is 0.548. The number of phenolic OH excluding ortho intramolecular Hbond substituents is 2. The second-order valence-electron chi connectivity index (χ2n) is 15.0. The van der Waals surface area contributed by atoms with Gasteiger partial charge in [-0.2, -0.15) is 0 Å². The largest absolute Gasteiger partial charge is 0.507 e. The Morgan fingerprint density at radius 3 is 1.48 bits per heavy atom. The van der Waals surface area contributed by atoms with Crippen LogP contribution in [0.25, 0.3) is 0 Å². The van der Waals surface area contributed by atoms with Gasteiger partial charge in [-0.1, -0.05) is 11.6 Å². The number of esters is 7. The summed E-state index contributed by atoms with van der Waals surface area (Å²) in [5.41, 5.74) is -0.592. The van der Waals surface area contributed by atoms with Gasteiger partial charge < -0.3 is 62.3 Å². The lowest BCUT2D eigenvalue weighted by atomic mass is 9.85. The van der Waals surface area contributed by atoms with E-state index >= 15 is 0 Å². The maximum Gasteiger partial charge on any atom is 0.303 e. The number of phenols is 2. The number of allylic oxidation sites excluding steroid dienone is 2. The number of ether oxygens (including phenoxy) is 11. The summed E-state index contributed by atoms with van der Waals surface area (Å²) in [5, 5.41) is 21.1. The molecule has 0 aromatic heterocycles. The third-order valence-electron chi connectivity index (χ3n) is 9.45. The summed E-state index contributed by atoms with van der Waals surface area (Å²) in [6.45, 7) is 9.14. The lowest BCUT2D eigenvalue weighted by molar-refractivity contribution is -0.363. The van der Waals surface area contributed by atoms with Crippen LogP contribution >= 0.6 is 0 Å². The minimum Gasteiger partial charge on any atom is -0.507 e. The molecule has 0 saturated carbocycles. The molecular weight excluding hydrogens is 856 g/mol. The molecule has 11 atom stereocenters. The van der Waals surface area contributed by atoms with Gasteiger partial charge in [-0.05, 0) is 38.5 Å². The number of benzene rings is 1. The molecule has 4 rings (SSSR count). The number of carbonyl (C=O) groups is 9. The van der Waals surface area contributed by atoms with E-state index in [0.29, 0.717) is 0 Å². The van der Waals surface area contributed by atoms with Gasteiger partial charge in [-0.25, -0.2) is 0 Å². The highest BCUT2D eigenvalue weighted by Crippen LogP contribution is 2.39. The molecule has 0 spiro atoms. The van der Waals surface area contributed by atoms with Crippen molar-refractivity contribution in [2.45, 2.75) is 136 Å². The number of ketones is 2. The summed E-state index contributed by atoms with van der Waals surface area (Å²) in [5.74, 6) is -9.51. The Morgan fingerprint density at radius 1 is 0.578 bits per heavy atom. The van der Waals surface area contributed by atoms with Crippen LogP contribution in [0.2, 0.25) is 0 Å². The summed E-state index contributed by atoms with van der Waals surface area (Å²) >= 11 is 0. The number of hydrogen-bond donors (Lipinski definition) is 2. The molecule has 1 aromatic carbocycles. The molecule has 0 unspecified atom stereocenters. The molecule has 1 aromatic rings. The molecule has 2 heterocycles. The molecule has 0 bridgehead atoms. The highest BCUT2D eigenvalue weighted by Gasteiger charge is 2.58. The Bertz CT molecular complexity index is 2070. The average Bonchev–Trinajstić information content (AvgIpc) is 3.17. The van der Waals surface area contributed by atoms with Crippen LogP contribution in [0.15, 0.2) is 35.4 Å². The summed E-state index contributed by atoms with van der Waals surface area (Å²) in [4.78, 5) is 115. The van der Waals surface area contributed by atoms with Crippen LogP contribution in [0.4, 0.5) is 0 Å². The second kappa shape index (κ2) is 21.9. The molecule has 2 fully saturated rings. The van der Waals surface area contributed by atoms with E-state index in [-0.39, 0.29) is 12.0 Å². The first-order valence-electron chi connectivity index (χ1n) is 19.7. The van der Waals surface area contributed by atoms with E-state index in [4.69, 9.17) is 52.1 Å². The lowest BCUT2D eigenvalue weighted by Gasteiger charge is -2.49. The second-order valence-corrected chi connectivity index (χ2v) is 15.0. The number of carbonyl (C=O) groups excluding carboxylic acids is 9. The Hall–Kier alpha value is -6.23. The Morgan fingerprint density at radius 2 is 1.00 bits per heavy atom. The maximum absolute atomic E-state index is 14.0. The van der Waals surface area contributed by atoms with Crippen LogP contribution < -0.4 is 0 Å². The molecule has 64 heavy (non-hydrogen) atoms. The van der Waals surface area contributed by atoms with E-state index in [9.17, 15) is 53.4 Å². The van der Waals surface area contributed by atoms with Crippen molar-refractivity contribution in [1.82, 2.24) is 0 Å². The van der Waals surface area contributed by atoms with Crippen molar-refractivity contribution in [2.24, 2.45) is 0 Å². The van der Waals surface area contributed by atoms with Gasteiger partial charge >= 0.3 is 41.8 Å². The Labute approximate surface area is 365 Å². The molecule has 3 aliphatic rings. The smallest absolute Gasteiger partial charge is 0.303 e. The first-order valence-corrected chi connectivity index (χ1v) is 19.7. The maximum atomic E-state index is 14.0. The van der Waals surface area contributed by atoms with Gasteiger partial charge in [0.1, 0.15) is 43.0 Å². The summed E-state index contributed by atoms with van der Waals surface area (Å²) in [6.07, 6.45) is -16.7. The van der Waals surface area contributed by atoms with Crippen LogP contribution in [0.5, 0.6) is 11.5 Å². The highest BCUT2D eigenvalue weighted by atomic mass is 16.8. The van der Waals surface area contributed by atoms with Crippen LogP contribution in [0, 0.1) is 0 Å². The zero-order chi connectivity index (χ0) is 47.7. The van der Waals surface area contributed by atoms with E-state index in [1.54, 1.807) is 19.9 Å². The minimum absolute atomic E-state index is 0.160. The average molecular weight is 907 g/mol. The standard InChI is InChI=1S/C42H50O22/c1-17(2)10-13-29(25-14-28(52)32-26(50)11-12-27(51)33(32)34(25)53)61-41-39(59-23(8)48)38(58-22(7)47)36(31(62-41)16-55-19(4)44)64-42-40(60-24(9)49)37(57-21(6)46)35(56-20(5)45)30(63-42)15-54-18(3)43/h10-12,14,29-31,35-42,50-51H,13,15-16H2,1-9H3/t29-,30-,31-,35-,36-,37+,38+,39-,40-,41-,42-/m1/s1. The fourth-order valence-electron chi connectivity index (χ4n) is 7.06. The molecule has 350 valence electrons. The van der Waals surface area contributed by atoms with E-state index in [1.807, 2.05) is 0 Å². The molecule has 2 saturated heterocycles. The monoisotopic (exact) mass is 906 g/mol. The van der Waals surface area contributed by atoms with Crippen LogP contribution in [-0.4, -0.2) is 144 Å². The van der Waals surface area contributed by atoms with E-state index in [0.717, 1.165) is 72.2 Å². The van der Waals surface area contributed by atoms with Gasteiger partial charge in [0.15, 0.2) is 54.7 Å². The molecule has 1 aliphatic carbocycles. The lowest BCUT2D eigenvalue weighted by Crippen LogP contribution is -2.67. The molecule has 2 aliphatic heterocycles. The summed E-state index contributed by atoms with van der Waals surface area (Å²) in [7, 11) is 0. The van der Waals surface area contributed by atoms with Gasteiger partial charge in [-0.3, -0.25) is 43.2 Å². The van der Waals surface area contributed by atoms with Crippen molar-refractivity contribution in [3.05, 3.63) is 46.6 Å². The van der Waals surface area contributed by atoms with E-state index < -0.39 is 157 Å². The van der Waals surface area contributed by atoms with Gasteiger partial charge in [0, 0.05) is 54.0 Å². The minimum atomic E-state index is -1.94. The number of hydrogen-bond acceptors (Lipinski definition) is 22. The molecule has 2 N–H and O–H groups in total. The van der Waals surface area contributed by atoms with Crippen LogP contribution in [0.3, 0.4) is 0 Å². The first kappa shape index (κ1) is 50.4. The van der Waals surface area contributed by atoms with Crippen LogP contribution in [0.1, 0.15) is 89.5 Å². The van der Waals surface area contributed by atoms with Crippen molar-refractivity contribution in [2.75, 3.05) is 13.2 Å². The zero-order valence-electron chi connectivity index (χ0n) is 36.3. The molecule has 22 heteroatoms. The SMILES string of the molecule is CC(=O)OC[C@H]1O[C@H](O[C@H]2[C@H](OC(C)=O)[C@@H](OC(C)=O)[C@H](O[C@H](CC=C(C)C)C3=CC(=O)c4c(O)ccc(O)c4C3=O)O[C@@H]2COC(C)=O)[C@H](OC(C)=O)[C@@H](OC(C)=O)[C@@H]1OC(C)=O. The number of aromatic hydroxyl groups is 2. The Kier molecular flexibility index (Phi) is 17.3. The molecule has 0 radical (unpaired) electrons. The van der Waals surface area contributed by atoms with Crippen molar-refractivity contribution in [3.63, 3.8) is 0 Å². The third kappa shape index (κ3) is 12.9. The number of Topliss-reactive ketones (excluding diaryl/α,β-unsaturated/α-hetero) is 1. The topological polar surface area (TPSA) is 296 Å².